The van der Waals surface area contributed by atoms with Gasteiger partial charge < -0.3 is 0 Å². The molecule has 4 aromatic heterocycles. The molecule has 0 atom stereocenters. The molecule has 0 saturated carbocycles. The van der Waals surface area contributed by atoms with Crippen LogP contribution in [0.4, 0.5) is 0 Å². The highest BCUT2D eigenvalue weighted by Gasteiger charge is 2.14. The minimum absolute atomic E-state index is 0.663. The normalized spacial score (nSPS) is 11.5. The molecule has 4 rings (SSSR count). The lowest BCUT2D eigenvalue weighted by atomic mass is 10.3. The van der Waals surface area contributed by atoms with Gasteiger partial charge in [0.05, 0.1) is 12.2 Å². The molecule has 4 heterocycles. The second-order valence-corrected chi connectivity index (χ2v) is 6.63. The van der Waals surface area contributed by atoms with Gasteiger partial charge in [-0.15, -0.1) is 10.2 Å². The van der Waals surface area contributed by atoms with E-state index in [0.717, 1.165) is 32.7 Å². The van der Waals surface area contributed by atoms with Crippen molar-refractivity contribution in [2.24, 2.45) is 0 Å². The molecule has 0 fully saturated rings. The van der Waals surface area contributed by atoms with Gasteiger partial charge in [-0.2, -0.15) is 26.0 Å². The Balaban J connectivity index is 1.73. The summed E-state index contributed by atoms with van der Waals surface area (Å²) >= 11 is 3.19. The van der Waals surface area contributed by atoms with Gasteiger partial charge in [0, 0.05) is 16.6 Å². The third-order valence-electron chi connectivity index (χ3n) is 3.20. The molecule has 0 radical (unpaired) electrons. The van der Waals surface area contributed by atoms with Crippen molar-refractivity contribution in [2.75, 3.05) is 0 Å². The predicted molar refractivity (Wildman–Crippen MR) is 82.8 cm³/mol. The van der Waals surface area contributed by atoms with Crippen molar-refractivity contribution in [3.63, 3.8) is 0 Å². The Hall–Kier alpha value is -2.06. The van der Waals surface area contributed by atoms with Crippen LogP contribution in [-0.4, -0.2) is 29.6 Å². The topological polar surface area (TPSA) is 60.9 Å². The van der Waals surface area contributed by atoms with Gasteiger partial charge in [-0.3, -0.25) is 4.68 Å². The van der Waals surface area contributed by atoms with E-state index in [1.54, 1.807) is 22.7 Å². The Morgan fingerprint density at radius 1 is 1.19 bits per heavy atom. The van der Waals surface area contributed by atoms with E-state index in [0.29, 0.717) is 6.54 Å². The second-order valence-electron chi connectivity index (χ2n) is 4.81. The van der Waals surface area contributed by atoms with Gasteiger partial charge in [-0.05, 0) is 31.4 Å². The first kappa shape index (κ1) is 12.7. The molecule has 0 aliphatic carbocycles. The highest BCUT2D eigenvalue weighted by atomic mass is 32.1. The molecule has 0 aliphatic rings. The minimum atomic E-state index is 0.663. The monoisotopic (exact) mass is 316 g/mol. The van der Waals surface area contributed by atoms with Crippen LogP contribution >= 0.6 is 22.7 Å². The van der Waals surface area contributed by atoms with Gasteiger partial charge in [0.25, 0.3) is 0 Å². The standard InChI is InChI=1S/C13H12N6S2/c1-8-5-9(2)18(16-8)6-11-17-19-12(10-3-4-20-7-10)14-15-13(19)21-11/h3-5,7H,6H2,1-2H3. The van der Waals surface area contributed by atoms with E-state index in [9.17, 15) is 0 Å². The van der Waals surface area contributed by atoms with Crippen molar-refractivity contribution in [1.82, 2.24) is 29.6 Å². The number of aromatic nitrogens is 6. The van der Waals surface area contributed by atoms with Crippen LogP contribution in [0, 0.1) is 13.8 Å². The molecule has 0 N–H and O–H groups in total. The number of hydrogen-bond donors (Lipinski definition) is 0. The molecule has 0 amide bonds. The quantitative estimate of drug-likeness (QED) is 0.583. The van der Waals surface area contributed by atoms with Crippen LogP contribution in [0.1, 0.15) is 16.4 Å². The predicted octanol–water partition coefficient (Wildman–Crippen LogP) is 2.78. The van der Waals surface area contributed by atoms with E-state index >= 15 is 0 Å². The Kier molecular flexibility index (Phi) is 2.86. The van der Waals surface area contributed by atoms with Crippen molar-refractivity contribution in [3.8, 4) is 11.4 Å². The van der Waals surface area contributed by atoms with Crippen molar-refractivity contribution in [2.45, 2.75) is 20.4 Å². The summed E-state index contributed by atoms with van der Waals surface area (Å²) in [6.07, 6.45) is 0. The molecule has 0 aromatic carbocycles. The van der Waals surface area contributed by atoms with Crippen LogP contribution in [0.5, 0.6) is 0 Å². The van der Waals surface area contributed by atoms with Gasteiger partial charge in [-0.25, -0.2) is 0 Å². The Morgan fingerprint density at radius 3 is 2.81 bits per heavy atom. The fourth-order valence-corrected chi connectivity index (χ4v) is 3.71. The zero-order valence-electron chi connectivity index (χ0n) is 11.5. The lowest BCUT2D eigenvalue weighted by Gasteiger charge is -1.99. The minimum Gasteiger partial charge on any atom is -0.263 e. The van der Waals surface area contributed by atoms with Gasteiger partial charge >= 0.3 is 0 Å². The average Bonchev–Trinajstić information content (AvgIpc) is 3.15. The average molecular weight is 316 g/mol. The maximum atomic E-state index is 4.63. The number of thiophene rings is 1. The molecule has 106 valence electrons. The van der Waals surface area contributed by atoms with Gasteiger partial charge in [0.15, 0.2) is 5.82 Å². The third kappa shape index (κ3) is 2.16. The Labute approximate surface area is 128 Å². The van der Waals surface area contributed by atoms with Crippen LogP contribution in [0.25, 0.3) is 16.3 Å². The molecule has 0 bridgehead atoms. The molecule has 21 heavy (non-hydrogen) atoms. The van der Waals surface area contributed by atoms with Crippen molar-refractivity contribution < 1.29 is 0 Å². The van der Waals surface area contributed by atoms with Gasteiger partial charge in [0.2, 0.25) is 4.96 Å². The summed E-state index contributed by atoms with van der Waals surface area (Å²) in [4.78, 5) is 0.813. The fourth-order valence-electron chi connectivity index (χ4n) is 2.26. The molecule has 0 saturated heterocycles. The number of nitrogens with zero attached hydrogens (tertiary/aromatic N) is 6. The lowest BCUT2D eigenvalue weighted by Crippen LogP contribution is -2.04. The summed E-state index contributed by atoms with van der Waals surface area (Å²) in [6.45, 7) is 4.71. The SMILES string of the molecule is Cc1cc(C)n(Cc2nn3c(-c4ccsc4)nnc3s2)n1. The number of fused-ring (bicyclic) bond motifs is 1. The first-order valence-corrected chi connectivity index (χ1v) is 8.21. The zero-order chi connectivity index (χ0) is 14.4. The highest BCUT2D eigenvalue weighted by Crippen LogP contribution is 2.23. The number of aryl methyl sites for hydroxylation is 2. The summed E-state index contributed by atoms with van der Waals surface area (Å²) in [5.74, 6) is 0.794. The van der Waals surface area contributed by atoms with E-state index in [1.807, 2.05) is 27.6 Å². The summed E-state index contributed by atoms with van der Waals surface area (Å²) in [7, 11) is 0. The van der Waals surface area contributed by atoms with Crippen LogP contribution in [0.2, 0.25) is 0 Å². The van der Waals surface area contributed by atoms with E-state index in [1.165, 1.54) is 0 Å². The molecule has 0 aliphatic heterocycles. The molecule has 0 unspecified atom stereocenters. The van der Waals surface area contributed by atoms with E-state index < -0.39 is 0 Å². The molecule has 6 nitrogen and oxygen atoms in total. The van der Waals surface area contributed by atoms with E-state index in [-0.39, 0.29) is 0 Å². The third-order valence-corrected chi connectivity index (χ3v) is 4.77. The summed E-state index contributed by atoms with van der Waals surface area (Å²) in [5.41, 5.74) is 3.21. The number of hydrogen-bond acceptors (Lipinski definition) is 6. The summed E-state index contributed by atoms with van der Waals surface area (Å²) in [6, 6.07) is 4.10. The second kappa shape index (κ2) is 4.74. The maximum absolute atomic E-state index is 4.63. The van der Waals surface area contributed by atoms with Crippen LogP contribution in [0.3, 0.4) is 0 Å². The fraction of sp³-hybridized carbons (Fsp3) is 0.231. The largest absolute Gasteiger partial charge is 0.263 e. The Morgan fingerprint density at radius 2 is 2.10 bits per heavy atom. The first-order chi connectivity index (χ1) is 10.2. The first-order valence-electron chi connectivity index (χ1n) is 6.45. The lowest BCUT2D eigenvalue weighted by molar-refractivity contribution is 0.648. The van der Waals surface area contributed by atoms with Crippen molar-refractivity contribution in [3.05, 3.63) is 39.3 Å². The van der Waals surface area contributed by atoms with Crippen LogP contribution in [-0.2, 0) is 6.54 Å². The molecule has 4 aromatic rings. The van der Waals surface area contributed by atoms with Crippen LogP contribution < -0.4 is 0 Å². The summed E-state index contributed by atoms with van der Waals surface area (Å²) in [5, 5.41) is 22.6. The van der Waals surface area contributed by atoms with Gasteiger partial charge in [0.1, 0.15) is 5.01 Å². The van der Waals surface area contributed by atoms with E-state index in [2.05, 4.69) is 38.8 Å². The molecule has 8 heteroatoms. The number of rotatable bonds is 3. The van der Waals surface area contributed by atoms with Gasteiger partial charge in [-0.1, -0.05) is 11.3 Å². The smallest absolute Gasteiger partial charge is 0.235 e. The Bertz CT molecular complexity index is 899. The summed E-state index contributed by atoms with van der Waals surface area (Å²) < 4.78 is 3.78. The molecular formula is C13H12N6S2. The van der Waals surface area contributed by atoms with Crippen LogP contribution in [0.15, 0.2) is 22.9 Å². The highest BCUT2D eigenvalue weighted by molar-refractivity contribution is 7.16. The molecular weight excluding hydrogens is 304 g/mol. The molecule has 0 spiro atoms. The van der Waals surface area contributed by atoms with E-state index in [4.69, 9.17) is 0 Å². The van der Waals surface area contributed by atoms with Crippen molar-refractivity contribution >= 4 is 27.6 Å². The maximum Gasteiger partial charge on any atom is 0.235 e. The zero-order valence-corrected chi connectivity index (χ0v) is 13.1. The van der Waals surface area contributed by atoms with Crippen molar-refractivity contribution in [1.29, 1.82) is 0 Å².